The second-order valence-corrected chi connectivity index (χ2v) is 5.83. The lowest BCUT2D eigenvalue weighted by Gasteiger charge is -2.35. The van der Waals surface area contributed by atoms with Gasteiger partial charge in [-0.1, -0.05) is 36.8 Å². The molecule has 0 radical (unpaired) electrons. The van der Waals surface area contributed by atoms with Gasteiger partial charge in [0.1, 0.15) is 0 Å². The van der Waals surface area contributed by atoms with E-state index in [1.165, 1.54) is 12.0 Å². The van der Waals surface area contributed by atoms with Crippen LogP contribution in [0.25, 0.3) is 0 Å². The maximum atomic E-state index is 12.5. The molecule has 1 fully saturated rings. The van der Waals surface area contributed by atoms with Crippen LogP contribution in [-0.2, 0) is 16.1 Å². The highest BCUT2D eigenvalue weighted by atomic mass is 16.5. The quantitative estimate of drug-likeness (QED) is 0.873. The summed E-state index contributed by atoms with van der Waals surface area (Å²) in [4.78, 5) is 14.8. The van der Waals surface area contributed by atoms with Crippen molar-refractivity contribution in [3.05, 3.63) is 35.9 Å². The predicted octanol–water partition coefficient (Wildman–Crippen LogP) is 2.19. The molecule has 116 valence electrons. The number of piperidine rings is 1. The van der Waals surface area contributed by atoms with Crippen molar-refractivity contribution in [2.75, 3.05) is 20.3 Å². The van der Waals surface area contributed by atoms with Crippen molar-refractivity contribution < 1.29 is 9.53 Å². The molecule has 1 saturated heterocycles. The normalized spacial score (nSPS) is 21.0. The Morgan fingerprint density at radius 3 is 2.86 bits per heavy atom. The van der Waals surface area contributed by atoms with E-state index in [1.54, 1.807) is 7.11 Å². The summed E-state index contributed by atoms with van der Waals surface area (Å²) in [5.41, 5.74) is 1.27. The van der Waals surface area contributed by atoms with Crippen molar-refractivity contribution in [2.45, 2.75) is 44.8 Å². The van der Waals surface area contributed by atoms with Crippen LogP contribution in [-0.4, -0.2) is 43.2 Å². The Bertz CT molecular complexity index is 436. The minimum atomic E-state index is -0.0155. The van der Waals surface area contributed by atoms with Crippen molar-refractivity contribution >= 4 is 5.91 Å². The Hall–Kier alpha value is -1.39. The van der Waals surface area contributed by atoms with E-state index in [4.69, 9.17) is 4.74 Å². The van der Waals surface area contributed by atoms with E-state index in [9.17, 15) is 4.79 Å². The third-order valence-corrected chi connectivity index (χ3v) is 3.95. The summed E-state index contributed by atoms with van der Waals surface area (Å²) in [6, 6.07) is 10.4. The van der Waals surface area contributed by atoms with Gasteiger partial charge in [0.2, 0.25) is 5.91 Å². The highest BCUT2D eigenvalue weighted by Crippen LogP contribution is 2.20. The lowest BCUT2D eigenvalue weighted by atomic mass is 10.00. The minimum Gasteiger partial charge on any atom is -0.383 e. The zero-order valence-corrected chi connectivity index (χ0v) is 13.0. The zero-order chi connectivity index (χ0) is 15.1. The standard InChI is InChI=1S/C17H26N2O2/c1-14(13-21-2)18-17(20)16-10-6-7-11-19(16)12-15-8-4-3-5-9-15/h3-5,8-9,14,16H,6-7,10-13H2,1-2H3,(H,18,20). The molecule has 2 unspecified atom stereocenters. The number of carbonyl (C=O) groups is 1. The lowest BCUT2D eigenvalue weighted by molar-refractivity contribution is -0.128. The van der Waals surface area contributed by atoms with Gasteiger partial charge >= 0.3 is 0 Å². The molecule has 1 aliphatic rings. The van der Waals surface area contributed by atoms with Gasteiger partial charge in [0.25, 0.3) is 0 Å². The number of amides is 1. The van der Waals surface area contributed by atoms with Crippen LogP contribution in [0.3, 0.4) is 0 Å². The van der Waals surface area contributed by atoms with Crippen molar-refractivity contribution in [1.82, 2.24) is 10.2 Å². The van der Waals surface area contributed by atoms with E-state index in [2.05, 4.69) is 34.5 Å². The van der Waals surface area contributed by atoms with Crippen LogP contribution in [0.4, 0.5) is 0 Å². The van der Waals surface area contributed by atoms with Gasteiger partial charge in [0.05, 0.1) is 12.6 Å². The summed E-state index contributed by atoms with van der Waals surface area (Å²) < 4.78 is 5.09. The molecule has 1 aromatic rings. The monoisotopic (exact) mass is 290 g/mol. The number of hydrogen-bond donors (Lipinski definition) is 1. The van der Waals surface area contributed by atoms with Gasteiger partial charge in [-0.25, -0.2) is 0 Å². The zero-order valence-electron chi connectivity index (χ0n) is 13.0. The molecule has 0 aromatic heterocycles. The number of benzene rings is 1. The van der Waals surface area contributed by atoms with E-state index >= 15 is 0 Å². The molecular weight excluding hydrogens is 264 g/mol. The second-order valence-electron chi connectivity index (χ2n) is 5.83. The Kier molecular flexibility index (Phi) is 6.21. The molecule has 1 heterocycles. The maximum Gasteiger partial charge on any atom is 0.237 e. The van der Waals surface area contributed by atoms with Crippen molar-refractivity contribution in [2.24, 2.45) is 0 Å². The average Bonchev–Trinajstić information content (AvgIpc) is 2.49. The van der Waals surface area contributed by atoms with Crippen LogP contribution in [0.15, 0.2) is 30.3 Å². The van der Waals surface area contributed by atoms with Crippen LogP contribution in [0.1, 0.15) is 31.7 Å². The van der Waals surface area contributed by atoms with Gasteiger partial charge in [-0.2, -0.15) is 0 Å². The number of ether oxygens (including phenoxy) is 1. The fraction of sp³-hybridized carbons (Fsp3) is 0.588. The largest absolute Gasteiger partial charge is 0.383 e. The molecule has 4 heteroatoms. The first-order chi connectivity index (χ1) is 10.2. The van der Waals surface area contributed by atoms with Crippen LogP contribution in [0, 0.1) is 0 Å². The number of likely N-dealkylation sites (tertiary alicyclic amines) is 1. The maximum absolute atomic E-state index is 12.5. The van der Waals surface area contributed by atoms with E-state index in [0.29, 0.717) is 6.61 Å². The summed E-state index contributed by atoms with van der Waals surface area (Å²) in [5.74, 6) is 0.134. The van der Waals surface area contributed by atoms with Gasteiger partial charge in [0, 0.05) is 19.7 Å². The molecule has 1 aromatic carbocycles. The first-order valence-corrected chi connectivity index (χ1v) is 7.78. The van der Waals surface area contributed by atoms with Gasteiger partial charge in [-0.15, -0.1) is 0 Å². The Balaban J connectivity index is 1.96. The van der Waals surface area contributed by atoms with Gasteiger partial charge in [0.15, 0.2) is 0 Å². The van der Waals surface area contributed by atoms with Gasteiger partial charge < -0.3 is 10.1 Å². The van der Waals surface area contributed by atoms with Crippen LogP contribution < -0.4 is 5.32 Å². The molecule has 2 atom stereocenters. The first kappa shape index (κ1) is 16.0. The second kappa shape index (κ2) is 8.15. The van der Waals surface area contributed by atoms with Crippen molar-refractivity contribution in [3.8, 4) is 0 Å². The number of rotatable bonds is 6. The molecule has 0 saturated carbocycles. The molecular formula is C17H26N2O2. The molecule has 0 spiro atoms. The number of methoxy groups -OCH3 is 1. The van der Waals surface area contributed by atoms with Crippen molar-refractivity contribution in [1.29, 1.82) is 0 Å². The minimum absolute atomic E-state index is 0.0155. The summed E-state index contributed by atoms with van der Waals surface area (Å²) in [7, 11) is 1.66. The Morgan fingerprint density at radius 2 is 2.14 bits per heavy atom. The molecule has 2 rings (SSSR count). The molecule has 0 bridgehead atoms. The Labute approximate surface area is 127 Å². The van der Waals surface area contributed by atoms with E-state index in [-0.39, 0.29) is 18.0 Å². The topological polar surface area (TPSA) is 41.6 Å². The highest BCUT2D eigenvalue weighted by molar-refractivity contribution is 5.82. The van der Waals surface area contributed by atoms with E-state index in [0.717, 1.165) is 25.9 Å². The number of nitrogens with one attached hydrogen (secondary N) is 1. The fourth-order valence-corrected chi connectivity index (χ4v) is 2.93. The molecule has 1 amide bonds. The predicted molar refractivity (Wildman–Crippen MR) is 84.0 cm³/mol. The molecule has 21 heavy (non-hydrogen) atoms. The van der Waals surface area contributed by atoms with Gasteiger partial charge in [-0.3, -0.25) is 9.69 Å². The molecule has 1 aliphatic heterocycles. The molecule has 1 N–H and O–H groups in total. The number of nitrogens with zero attached hydrogens (tertiary/aromatic N) is 1. The summed E-state index contributed by atoms with van der Waals surface area (Å²) in [6.45, 7) is 4.37. The first-order valence-electron chi connectivity index (χ1n) is 7.78. The third kappa shape index (κ3) is 4.83. The lowest BCUT2D eigenvalue weighted by Crippen LogP contribution is -2.51. The smallest absolute Gasteiger partial charge is 0.237 e. The van der Waals surface area contributed by atoms with Crippen LogP contribution in [0.2, 0.25) is 0 Å². The number of hydrogen-bond acceptors (Lipinski definition) is 3. The average molecular weight is 290 g/mol. The van der Waals surface area contributed by atoms with Crippen LogP contribution in [0.5, 0.6) is 0 Å². The highest BCUT2D eigenvalue weighted by Gasteiger charge is 2.29. The SMILES string of the molecule is COCC(C)NC(=O)C1CCCCN1Cc1ccccc1. The third-order valence-electron chi connectivity index (χ3n) is 3.95. The van der Waals surface area contributed by atoms with E-state index < -0.39 is 0 Å². The van der Waals surface area contributed by atoms with Gasteiger partial charge in [-0.05, 0) is 31.9 Å². The molecule has 4 nitrogen and oxygen atoms in total. The van der Waals surface area contributed by atoms with Crippen molar-refractivity contribution in [3.63, 3.8) is 0 Å². The fourth-order valence-electron chi connectivity index (χ4n) is 2.93. The summed E-state index contributed by atoms with van der Waals surface area (Å²) in [6.07, 6.45) is 3.24. The van der Waals surface area contributed by atoms with Crippen LogP contribution >= 0.6 is 0 Å². The Morgan fingerprint density at radius 1 is 1.38 bits per heavy atom. The van der Waals surface area contributed by atoms with E-state index in [1.807, 2.05) is 13.0 Å². The molecule has 0 aliphatic carbocycles. The summed E-state index contributed by atoms with van der Waals surface area (Å²) >= 11 is 0. The number of carbonyl (C=O) groups excluding carboxylic acids is 1. The summed E-state index contributed by atoms with van der Waals surface area (Å²) in [5, 5.41) is 3.06.